The van der Waals surface area contributed by atoms with Crippen molar-refractivity contribution >= 4 is 5.91 Å². The van der Waals surface area contributed by atoms with Gasteiger partial charge in [-0.15, -0.1) is 0 Å². The Morgan fingerprint density at radius 1 is 1.10 bits per heavy atom. The van der Waals surface area contributed by atoms with Crippen molar-refractivity contribution in [1.29, 1.82) is 0 Å². The molecule has 3 rings (SSSR count). The quantitative estimate of drug-likeness (QED) is 0.574. The summed E-state index contributed by atoms with van der Waals surface area (Å²) in [5, 5.41) is 6.99. The van der Waals surface area contributed by atoms with E-state index in [1.807, 2.05) is 38.1 Å². The lowest BCUT2D eigenvalue weighted by molar-refractivity contribution is 0.0928. The molecule has 30 heavy (non-hydrogen) atoms. The number of carbonyl (C=O) groups is 1. The van der Waals surface area contributed by atoms with Crippen LogP contribution in [0.1, 0.15) is 72.2 Å². The fraction of sp³-hybridized carbons (Fsp3) is 0.360. The van der Waals surface area contributed by atoms with E-state index in [0.717, 1.165) is 16.9 Å². The van der Waals surface area contributed by atoms with Crippen molar-refractivity contribution in [2.75, 3.05) is 0 Å². The van der Waals surface area contributed by atoms with Crippen LogP contribution in [0.15, 0.2) is 53.1 Å². The lowest BCUT2D eigenvalue weighted by Gasteiger charge is -2.20. The number of para-hydroxylation sites is 1. The second-order valence-electron chi connectivity index (χ2n) is 8.69. The minimum atomic E-state index is -0.275. The predicted octanol–water partition coefficient (Wildman–Crippen LogP) is 5.66. The number of carbonyl (C=O) groups excluding carboxylic acids is 1. The molecule has 0 saturated heterocycles. The third-order valence-corrected chi connectivity index (χ3v) is 5.29. The summed E-state index contributed by atoms with van der Waals surface area (Å²) >= 11 is 0. The zero-order valence-corrected chi connectivity index (χ0v) is 18.6. The van der Waals surface area contributed by atoms with Crippen LogP contribution in [0.2, 0.25) is 0 Å². The standard InChI is InChI=1S/C25H30N2O3/c1-16-9-7-8-10-22(16)29-15-21-18(3)30-27-23(21)24(28)26-17(2)19-11-13-20(14-12-19)25(4,5)6/h7-14,17H,15H2,1-6H3,(H,26,28). The Morgan fingerprint density at radius 2 is 1.77 bits per heavy atom. The van der Waals surface area contributed by atoms with Gasteiger partial charge in [0.15, 0.2) is 5.69 Å². The van der Waals surface area contributed by atoms with Crippen molar-refractivity contribution in [2.45, 2.75) is 59.6 Å². The third kappa shape index (κ3) is 4.90. The Labute approximate surface area is 178 Å². The lowest BCUT2D eigenvalue weighted by atomic mass is 9.86. The molecule has 0 radical (unpaired) electrons. The summed E-state index contributed by atoms with van der Waals surface area (Å²) < 4.78 is 11.2. The number of aryl methyl sites for hydroxylation is 2. The van der Waals surface area contributed by atoms with Gasteiger partial charge in [-0.05, 0) is 48.9 Å². The van der Waals surface area contributed by atoms with Crippen molar-refractivity contribution in [3.63, 3.8) is 0 Å². The van der Waals surface area contributed by atoms with Crippen LogP contribution in [0, 0.1) is 13.8 Å². The fourth-order valence-corrected chi connectivity index (χ4v) is 3.23. The van der Waals surface area contributed by atoms with Crippen molar-refractivity contribution < 1.29 is 14.1 Å². The van der Waals surface area contributed by atoms with E-state index in [1.54, 1.807) is 6.92 Å². The maximum atomic E-state index is 12.9. The molecule has 1 aromatic heterocycles. The van der Waals surface area contributed by atoms with Crippen molar-refractivity contribution in [2.24, 2.45) is 0 Å². The summed E-state index contributed by atoms with van der Waals surface area (Å²) in [5.41, 5.74) is 4.34. The average molecular weight is 407 g/mol. The Hall–Kier alpha value is -3.08. The maximum Gasteiger partial charge on any atom is 0.274 e. The van der Waals surface area contributed by atoms with Crippen molar-refractivity contribution in [1.82, 2.24) is 10.5 Å². The summed E-state index contributed by atoms with van der Waals surface area (Å²) in [4.78, 5) is 12.9. The number of hydrogen-bond donors (Lipinski definition) is 1. The molecule has 1 atom stereocenters. The molecule has 0 saturated carbocycles. The first kappa shape index (κ1) is 21.6. The van der Waals surface area contributed by atoms with Crippen molar-refractivity contribution in [3.8, 4) is 5.75 Å². The van der Waals surface area contributed by atoms with E-state index >= 15 is 0 Å². The van der Waals surface area contributed by atoms with E-state index in [-0.39, 0.29) is 29.7 Å². The zero-order valence-electron chi connectivity index (χ0n) is 18.6. The van der Waals surface area contributed by atoms with E-state index < -0.39 is 0 Å². The number of benzene rings is 2. The minimum absolute atomic E-state index is 0.0925. The highest BCUT2D eigenvalue weighted by Gasteiger charge is 2.22. The molecule has 3 aromatic rings. The van der Waals surface area contributed by atoms with Crippen LogP contribution in [0.5, 0.6) is 5.75 Å². The fourth-order valence-electron chi connectivity index (χ4n) is 3.23. The molecule has 0 fully saturated rings. The third-order valence-electron chi connectivity index (χ3n) is 5.29. The molecule has 5 heteroatoms. The van der Waals surface area contributed by atoms with Crippen LogP contribution in [-0.2, 0) is 12.0 Å². The molecule has 2 aromatic carbocycles. The van der Waals surface area contributed by atoms with Gasteiger partial charge in [-0.2, -0.15) is 0 Å². The number of aromatic nitrogens is 1. The van der Waals surface area contributed by atoms with Gasteiger partial charge in [0.1, 0.15) is 18.1 Å². The topological polar surface area (TPSA) is 64.4 Å². The first-order valence-corrected chi connectivity index (χ1v) is 10.2. The lowest BCUT2D eigenvalue weighted by Crippen LogP contribution is -2.28. The van der Waals surface area contributed by atoms with E-state index in [1.165, 1.54) is 5.56 Å². The van der Waals surface area contributed by atoms with Crippen LogP contribution in [0.4, 0.5) is 0 Å². The van der Waals surface area contributed by atoms with E-state index in [4.69, 9.17) is 9.26 Å². The molecule has 1 unspecified atom stereocenters. The van der Waals surface area contributed by atoms with Crippen molar-refractivity contribution in [3.05, 3.63) is 82.2 Å². The number of hydrogen-bond acceptors (Lipinski definition) is 4. The molecule has 0 aliphatic heterocycles. The SMILES string of the molecule is Cc1ccccc1OCc1c(C(=O)NC(C)c2ccc(C(C)(C)C)cc2)noc1C. The van der Waals surface area contributed by atoms with E-state index in [0.29, 0.717) is 11.3 Å². The number of nitrogens with one attached hydrogen (secondary N) is 1. The molecule has 1 heterocycles. The molecule has 0 bridgehead atoms. The summed E-state index contributed by atoms with van der Waals surface area (Å²) in [7, 11) is 0. The molecular formula is C25H30N2O3. The highest BCUT2D eigenvalue weighted by atomic mass is 16.5. The summed E-state index contributed by atoms with van der Waals surface area (Å²) in [5.74, 6) is 1.08. The van der Waals surface area contributed by atoms with Gasteiger partial charge >= 0.3 is 0 Å². The van der Waals surface area contributed by atoms with Crippen LogP contribution in [0.3, 0.4) is 0 Å². The van der Waals surface area contributed by atoms with Crippen LogP contribution < -0.4 is 10.1 Å². The Morgan fingerprint density at radius 3 is 2.40 bits per heavy atom. The summed E-state index contributed by atoms with van der Waals surface area (Å²) in [6.45, 7) is 12.5. The molecule has 1 N–H and O–H groups in total. The van der Waals surface area contributed by atoms with Gasteiger partial charge in [-0.1, -0.05) is 68.4 Å². The summed E-state index contributed by atoms with van der Waals surface area (Å²) in [6, 6.07) is 15.9. The van der Waals surface area contributed by atoms with Gasteiger partial charge < -0.3 is 14.6 Å². The Kier molecular flexibility index (Phi) is 6.30. The zero-order chi connectivity index (χ0) is 21.9. The largest absolute Gasteiger partial charge is 0.488 e. The molecule has 1 amide bonds. The molecule has 0 spiro atoms. The normalized spacial score (nSPS) is 12.5. The highest BCUT2D eigenvalue weighted by Crippen LogP contribution is 2.25. The van der Waals surface area contributed by atoms with E-state index in [9.17, 15) is 4.79 Å². The second kappa shape index (κ2) is 8.74. The molecular weight excluding hydrogens is 376 g/mol. The van der Waals surface area contributed by atoms with Gasteiger partial charge in [0.05, 0.1) is 11.6 Å². The molecule has 0 aliphatic carbocycles. The number of rotatable bonds is 6. The molecule has 5 nitrogen and oxygen atoms in total. The average Bonchev–Trinajstić information content (AvgIpc) is 3.07. The van der Waals surface area contributed by atoms with E-state index in [2.05, 4.69) is 55.5 Å². The van der Waals surface area contributed by atoms with Crippen LogP contribution in [-0.4, -0.2) is 11.1 Å². The number of ether oxygens (including phenoxy) is 1. The minimum Gasteiger partial charge on any atom is -0.488 e. The van der Waals surface area contributed by atoms with Gasteiger partial charge in [-0.3, -0.25) is 4.79 Å². The van der Waals surface area contributed by atoms with Gasteiger partial charge in [-0.25, -0.2) is 0 Å². The Bertz CT molecular complexity index is 1010. The monoisotopic (exact) mass is 406 g/mol. The van der Waals surface area contributed by atoms with Crippen LogP contribution >= 0.6 is 0 Å². The smallest absolute Gasteiger partial charge is 0.274 e. The molecule has 158 valence electrons. The predicted molar refractivity (Wildman–Crippen MR) is 118 cm³/mol. The number of nitrogens with zero attached hydrogens (tertiary/aromatic N) is 1. The maximum absolute atomic E-state index is 12.9. The second-order valence-corrected chi connectivity index (χ2v) is 8.69. The first-order valence-electron chi connectivity index (χ1n) is 10.2. The van der Waals surface area contributed by atoms with Gasteiger partial charge in [0, 0.05) is 0 Å². The number of amides is 1. The van der Waals surface area contributed by atoms with Gasteiger partial charge in [0.2, 0.25) is 0 Å². The van der Waals surface area contributed by atoms with Crippen LogP contribution in [0.25, 0.3) is 0 Å². The molecule has 0 aliphatic rings. The first-order chi connectivity index (χ1) is 14.2. The summed E-state index contributed by atoms with van der Waals surface area (Å²) in [6.07, 6.45) is 0. The highest BCUT2D eigenvalue weighted by molar-refractivity contribution is 5.94. The van der Waals surface area contributed by atoms with Gasteiger partial charge in [0.25, 0.3) is 5.91 Å². The Balaban J connectivity index is 1.70.